The van der Waals surface area contributed by atoms with E-state index in [4.69, 9.17) is 4.74 Å². The Labute approximate surface area is 147 Å². The summed E-state index contributed by atoms with van der Waals surface area (Å²) in [5.74, 6) is 1.50. The number of morpholine rings is 1. The van der Waals surface area contributed by atoms with E-state index < -0.39 is 6.04 Å². The van der Waals surface area contributed by atoms with Crippen LogP contribution in [0.3, 0.4) is 0 Å². The molecule has 2 amide bonds. The van der Waals surface area contributed by atoms with Crippen molar-refractivity contribution in [2.75, 3.05) is 26.2 Å². The number of hydrogen-bond donors (Lipinski definition) is 1. The molecule has 138 valence electrons. The third-order valence-corrected chi connectivity index (χ3v) is 4.89. The molecule has 2 aliphatic rings. The fraction of sp³-hybridized carbons (Fsp3) is 0.765. The second-order valence-electron chi connectivity index (χ2n) is 6.75. The number of aromatic amines is 1. The van der Waals surface area contributed by atoms with E-state index in [9.17, 15) is 9.59 Å². The Morgan fingerprint density at radius 2 is 2.24 bits per heavy atom. The van der Waals surface area contributed by atoms with E-state index in [0.29, 0.717) is 38.5 Å². The standard InChI is InChI=1S/C17H27N5O3/c1-3-6-14-18-16(20-19-14)13-11-21(9-10-25-13)17(24)12(2)22-8-5-4-7-15(22)23/h12-13H,3-11H2,1-2H3,(H,18,19,20)/t12-,13+/m0/s1. The Hall–Kier alpha value is -1.96. The molecule has 0 saturated carbocycles. The number of rotatable bonds is 5. The van der Waals surface area contributed by atoms with Crippen LogP contribution in [0.25, 0.3) is 0 Å². The molecule has 2 fully saturated rings. The van der Waals surface area contributed by atoms with Crippen molar-refractivity contribution in [2.45, 2.75) is 58.1 Å². The van der Waals surface area contributed by atoms with E-state index in [2.05, 4.69) is 22.1 Å². The van der Waals surface area contributed by atoms with Crippen molar-refractivity contribution in [3.8, 4) is 0 Å². The van der Waals surface area contributed by atoms with E-state index >= 15 is 0 Å². The summed E-state index contributed by atoms with van der Waals surface area (Å²) in [6, 6.07) is -0.422. The van der Waals surface area contributed by atoms with Crippen LogP contribution in [-0.2, 0) is 20.7 Å². The van der Waals surface area contributed by atoms with Gasteiger partial charge in [-0.25, -0.2) is 4.98 Å². The third kappa shape index (κ3) is 4.00. The molecule has 25 heavy (non-hydrogen) atoms. The number of piperidine rings is 1. The first-order valence-electron chi connectivity index (χ1n) is 9.21. The second-order valence-corrected chi connectivity index (χ2v) is 6.75. The number of carbonyl (C=O) groups excluding carboxylic acids is 2. The zero-order valence-electron chi connectivity index (χ0n) is 15.0. The monoisotopic (exact) mass is 349 g/mol. The third-order valence-electron chi connectivity index (χ3n) is 4.89. The van der Waals surface area contributed by atoms with Gasteiger partial charge in [0.05, 0.1) is 13.2 Å². The zero-order valence-corrected chi connectivity index (χ0v) is 15.0. The van der Waals surface area contributed by atoms with Crippen molar-refractivity contribution in [3.05, 3.63) is 11.6 Å². The van der Waals surface area contributed by atoms with Gasteiger partial charge in [0, 0.05) is 25.9 Å². The number of aromatic nitrogens is 3. The van der Waals surface area contributed by atoms with Crippen LogP contribution in [0.15, 0.2) is 0 Å². The maximum atomic E-state index is 12.9. The van der Waals surface area contributed by atoms with Crippen molar-refractivity contribution in [1.29, 1.82) is 0 Å². The number of H-pyrrole nitrogens is 1. The van der Waals surface area contributed by atoms with E-state index in [1.807, 2.05) is 6.92 Å². The average molecular weight is 349 g/mol. The minimum absolute atomic E-state index is 0.0205. The minimum atomic E-state index is -0.422. The number of nitrogens with one attached hydrogen (secondary N) is 1. The van der Waals surface area contributed by atoms with Crippen molar-refractivity contribution >= 4 is 11.8 Å². The fourth-order valence-corrected chi connectivity index (χ4v) is 3.44. The molecule has 1 aromatic heterocycles. The largest absolute Gasteiger partial charge is 0.366 e. The van der Waals surface area contributed by atoms with Gasteiger partial charge in [0.2, 0.25) is 11.8 Å². The van der Waals surface area contributed by atoms with Crippen LogP contribution in [0.4, 0.5) is 0 Å². The Morgan fingerprint density at radius 3 is 3.00 bits per heavy atom. The number of aryl methyl sites for hydroxylation is 1. The molecule has 0 unspecified atom stereocenters. The smallest absolute Gasteiger partial charge is 0.245 e. The number of amides is 2. The molecule has 0 spiro atoms. The first kappa shape index (κ1) is 17.8. The van der Waals surface area contributed by atoms with E-state index in [0.717, 1.165) is 31.5 Å². The topological polar surface area (TPSA) is 91.4 Å². The van der Waals surface area contributed by atoms with Crippen molar-refractivity contribution in [1.82, 2.24) is 25.0 Å². The molecule has 0 bridgehead atoms. The number of nitrogens with zero attached hydrogens (tertiary/aromatic N) is 4. The molecular weight excluding hydrogens is 322 g/mol. The lowest BCUT2D eigenvalue weighted by atomic mass is 10.1. The number of carbonyl (C=O) groups is 2. The molecule has 2 atom stereocenters. The quantitative estimate of drug-likeness (QED) is 0.858. The molecule has 8 nitrogen and oxygen atoms in total. The zero-order chi connectivity index (χ0) is 17.8. The van der Waals surface area contributed by atoms with Gasteiger partial charge in [0.1, 0.15) is 18.0 Å². The molecule has 2 aliphatic heterocycles. The van der Waals surface area contributed by atoms with Crippen molar-refractivity contribution in [2.24, 2.45) is 0 Å². The first-order chi connectivity index (χ1) is 12.1. The van der Waals surface area contributed by atoms with Gasteiger partial charge < -0.3 is 14.5 Å². The van der Waals surface area contributed by atoms with Crippen LogP contribution in [0, 0.1) is 0 Å². The highest BCUT2D eigenvalue weighted by molar-refractivity contribution is 5.87. The average Bonchev–Trinajstić information content (AvgIpc) is 3.10. The first-order valence-corrected chi connectivity index (χ1v) is 9.21. The Bertz CT molecular complexity index is 617. The predicted octanol–water partition coefficient (Wildman–Crippen LogP) is 1.06. The molecule has 0 radical (unpaired) electrons. The number of hydrogen-bond acceptors (Lipinski definition) is 5. The van der Waals surface area contributed by atoms with Crippen LogP contribution in [-0.4, -0.2) is 69.1 Å². The molecular formula is C17H27N5O3. The molecule has 8 heteroatoms. The predicted molar refractivity (Wildman–Crippen MR) is 90.7 cm³/mol. The lowest BCUT2D eigenvalue weighted by molar-refractivity contribution is -0.151. The van der Waals surface area contributed by atoms with Gasteiger partial charge in [-0.1, -0.05) is 6.92 Å². The lowest BCUT2D eigenvalue weighted by Gasteiger charge is -2.37. The number of likely N-dealkylation sites (tertiary alicyclic amines) is 1. The van der Waals surface area contributed by atoms with Crippen LogP contribution in [0.2, 0.25) is 0 Å². The van der Waals surface area contributed by atoms with Gasteiger partial charge in [-0.2, -0.15) is 5.10 Å². The molecule has 1 N–H and O–H groups in total. The molecule has 3 heterocycles. The highest BCUT2D eigenvalue weighted by atomic mass is 16.5. The van der Waals surface area contributed by atoms with E-state index in [1.165, 1.54) is 0 Å². The maximum Gasteiger partial charge on any atom is 0.245 e. The summed E-state index contributed by atoms with van der Waals surface area (Å²) in [7, 11) is 0. The summed E-state index contributed by atoms with van der Waals surface area (Å²) in [6.45, 7) is 5.99. The van der Waals surface area contributed by atoms with Gasteiger partial charge in [-0.15, -0.1) is 0 Å². The minimum Gasteiger partial charge on any atom is -0.366 e. The highest BCUT2D eigenvalue weighted by Gasteiger charge is 2.34. The molecule has 0 aliphatic carbocycles. The highest BCUT2D eigenvalue weighted by Crippen LogP contribution is 2.22. The van der Waals surface area contributed by atoms with Gasteiger partial charge in [-0.05, 0) is 26.2 Å². The van der Waals surface area contributed by atoms with Gasteiger partial charge in [-0.3, -0.25) is 14.7 Å². The Kier molecular flexibility index (Phi) is 5.67. The molecule has 0 aromatic carbocycles. The van der Waals surface area contributed by atoms with Gasteiger partial charge in [0.15, 0.2) is 5.82 Å². The van der Waals surface area contributed by atoms with Crippen LogP contribution in [0.5, 0.6) is 0 Å². The molecule has 1 aromatic rings. The Balaban J connectivity index is 1.63. The van der Waals surface area contributed by atoms with Gasteiger partial charge >= 0.3 is 0 Å². The van der Waals surface area contributed by atoms with Crippen LogP contribution < -0.4 is 0 Å². The van der Waals surface area contributed by atoms with E-state index in [-0.39, 0.29) is 17.9 Å². The summed E-state index contributed by atoms with van der Waals surface area (Å²) in [5, 5.41) is 7.17. The summed E-state index contributed by atoms with van der Waals surface area (Å²) in [6.07, 6.45) is 3.94. The van der Waals surface area contributed by atoms with Gasteiger partial charge in [0.25, 0.3) is 0 Å². The van der Waals surface area contributed by atoms with Crippen molar-refractivity contribution < 1.29 is 14.3 Å². The Morgan fingerprint density at radius 1 is 1.40 bits per heavy atom. The lowest BCUT2D eigenvalue weighted by Crippen LogP contribution is -2.53. The fourth-order valence-electron chi connectivity index (χ4n) is 3.44. The van der Waals surface area contributed by atoms with Crippen molar-refractivity contribution in [3.63, 3.8) is 0 Å². The summed E-state index contributed by atoms with van der Waals surface area (Å²) < 4.78 is 5.76. The van der Waals surface area contributed by atoms with Crippen LogP contribution in [0.1, 0.15) is 57.3 Å². The molecule has 3 rings (SSSR count). The maximum absolute atomic E-state index is 12.9. The summed E-state index contributed by atoms with van der Waals surface area (Å²) in [4.78, 5) is 32.9. The van der Waals surface area contributed by atoms with E-state index in [1.54, 1.807) is 9.80 Å². The van der Waals surface area contributed by atoms with Crippen LogP contribution >= 0.6 is 0 Å². The molecule has 2 saturated heterocycles. The normalized spacial score (nSPS) is 23.0. The summed E-state index contributed by atoms with van der Waals surface area (Å²) in [5.41, 5.74) is 0. The number of ether oxygens (including phenoxy) is 1. The summed E-state index contributed by atoms with van der Waals surface area (Å²) >= 11 is 0. The second kappa shape index (κ2) is 7.95. The SMILES string of the molecule is CCCc1nc([C@H]2CN(C(=O)[C@H](C)N3CCCCC3=O)CCO2)n[nH]1.